The van der Waals surface area contributed by atoms with Crippen molar-refractivity contribution in [3.8, 4) is 0 Å². The Morgan fingerprint density at radius 1 is 1.69 bits per heavy atom. The Balaban J connectivity index is 2.34. The summed E-state index contributed by atoms with van der Waals surface area (Å²) in [4.78, 5) is 23.3. The molecule has 2 aliphatic rings. The summed E-state index contributed by atoms with van der Waals surface area (Å²) < 4.78 is 0. The van der Waals surface area contributed by atoms with E-state index in [4.69, 9.17) is 5.73 Å². The number of allylic oxidation sites excluding steroid dienone is 1. The normalized spacial score (nSPS) is 32.8. The van der Waals surface area contributed by atoms with E-state index in [-0.39, 0.29) is 11.3 Å². The third-order valence-corrected chi connectivity index (χ3v) is 3.74. The van der Waals surface area contributed by atoms with Crippen LogP contribution in [0.3, 0.4) is 0 Å². The Kier molecular flexibility index (Phi) is 1.92. The number of amides is 1. The zero-order valence-corrected chi connectivity index (χ0v) is 7.93. The van der Waals surface area contributed by atoms with Crippen LogP contribution in [0.15, 0.2) is 11.3 Å². The Hall–Kier alpha value is -0.810. The lowest BCUT2D eigenvalue weighted by molar-refractivity contribution is -0.140. The van der Waals surface area contributed by atoms with E-state index < -0.39 is 6.04 Å². The lowest BCUT2D eigenvalue weighted by Crippen LogP contribution is -2.67. The largest absolute Gasteiger partial charge is 0.317 e. The highest BCUT2D eigenvalue weighted by atomic mass is 32.2. The third kappa shape index (κ3) is 1.04. The van der Waals surface area contributed by atoms with Gasteiger partial charge in [0, 0.05) is 5.75 Å². The van der Waals surface area contributed by atoms with Crippen LogP contribution in [0.1, 0.15) is 6.92 Å². The number of carbonyl (C=O) groups is 1. The first-order valence-electron chi connectivity index (χ1n) is 3.95. The fourth-order valence-corrected chi connectivity index (χ4v) is 2.76. The second kappa shape index (κ2) is 2.85. The molecule has 4 nitrogen and oxygen atoms in total. The van der Waals surface area contributed by atoms with Gasteiger partial charge in [-0.3, -0.25) is 14.5 Å². The summed E-state index contributed by atoms with van der Waals surface area (Å²) in [7, 11) is 0. The fourth-order valence-electron chi connectivity index (χ4n) is 1.52. The van der Waals surface area contributed by atoms with Crippen molar-refractivity contribution < 1.29 is 9.59 Å². The molecule has 0 aromatic carbocycles. The highest BCUT2D eigenvalue weighted by Gasteiger charge is 2.49. The summed E-state index contributed by atoms with van der Waals surface area (Å²) in [6, 6.07) is -0.443. The van der Waals surface area contributed by atoms with Crippen LogP contribution in [0, 0.1) is 0 Å². The number of rotatable bonds is 1. The standard InChI is InChI=1S/C8H9N2O2S/c1-4-3-13-8-6(9)7(12)10(8)5(4)2-11/h6,8H,3,9H2,1H3/t6?,8-/m1/s1. The number of thioether (sulfide) groups is 1. The second-order valence-corrected chi connectivity index (χ2v) is 4.27. The van der Waals surface area contributed by atoms with Gasteiger partial charge < -0.3 is 5.73 Å². The van der Waals surface area contributed by atoms with Crippen molar-refractivity contribution >= 4 is 24.0 Å². The van der Waals surface area contributed by atoms with Crippen LogP contribution in [0.5, 0.6) is 0 Å². The minimum atomic E-state index is -0.443. The first-order valence-corrected chi connectivity index (χ1v) is 5.00. The molecule has 2 N–H and O–H groups in total. The van der Waals surface area contributed by atoms with Crippen LogP contribution in [-0.2, 0) is 9.59 Å². The molecule has 1 fully saturated rings. The summed E-state index contributed by atoms with van der Waals surface area (Å²) in [5.74, 6) is 0.585. The van der Waals surface area contributed by atoms with Crippen LogP contribution in [0.25, 0.3) is 0 Å². The number of β-lactam (4-membered cyclic amide) rings is 1. The number of nitrogens with zero attached hydrogens (tertiary/aromatic N) is 1. The molecule has 1 unspecified atom stereocenters. The lowest BCUT2D eigenvalue weighted by atomic mass is 10.1. The molecule has 2 atom stereocenters. The number of carbonyl (C=O) groups excluding carboxylic acids is 2. The van der Waals surface area contributed by atoms with E-state index in [0.29, 0.717) is 5.70 Å². The average Bonchev–Trinajstić information content (AvgIpc) is 2.16. The van der Waals surface area contributed by atoms with Crippen LogP contribution in [-0.4, -0.2) is 34.3 Å². The van der Waals surface area contributed by atoms with Crippen molar-refractivity contribution in [2.24, 2.45) is 5.73 Å². The molecule has 0 spiro atoms. The molecule has 2 rings (SSSR count). The molecule has 2 aliphatic heterocycles. The molecule has 0 saturated carbocycles. The van der Waals surface area contributed by atoms with Gasteiger partial charge in [-0.2, -0.15) is 0 Å². The lowest BCUT2D eigenvalue weighted by Gasteiger charge is -2.47. The van der Waals surface area contributed by atoms with Gasteiger partial charge >= 0.3 is 0 Å². The SMILES string of the molecule is CC1=C([C]=O)N2C(=O)C(N)[C@H]2SC1. The molecule has 13 heavy (non-hydrogen) atoms. The molecule has 0 aliphatic carbocycles. The molecule has 1 amide bonds. The first-order chi connectivity index (χ1) is 6.16. The minimum absolute atomic E-state index is 0.0485. The molecule has 0 bridgehead atoms. The molecule has 1 radical (unpaired) electrons. The first kappa shape index (κ1) is 8.77. The smallest absolute Gasteiger partial charge is 0.251 e. The van der Waals surface area contributed by atoms with Crippen LogP contribution in [0.2, 0.25) is 0 Å². The summed E-state index contributed by atoms with van der Waals surface area (Å²) >= 11 is 1.60. The van der Waals surface area contributed by atoms with Crippen molar-refractivity contribution in [2.45, 2.75) is 18.3 Å². The molecule has 69 valence electrons. The topological polar surface area (TPSA) is 63.4 Å². The van der Waals surface area contributed by atoms with Crippen LogP contribution < -0.4 is 5.73 Å². The highest BCUT2D eigenvalue weighted by Crippen LogP contribution is 2.38. The Morgan fingerprint density at radius 2 is 2.38 bits per heavy atom. The number of hydrogen-bond acceptors (Lipinski definition) is 4. The van der Waals surface area contributed by atoms with E-state index in [9.17, 15) is 9.59 Å². The van der Waals surface area contributed by atoms with Gasteiger partial charge in [-0.05, 0) is 12.5 Å². The predicted molar refractivity (Wildman–Crippen MR) is 49.5 cm³/mol. The summed E-state index contributed by atoms with van der Waals surface area (Å²) in [5, 5.41) is -0.0485. The molecule has 0 aromatic heterocycles. The van der Waals surface area contributed by atoms with Gasteiger partial charge in [-0.15, -0.1) is 11.8 Å². The number of hydrogen-bond donors (Lipinski definition) is 1. The number of fused-ring (bicyclic) bond motifs is 1. The molecule has 1 saturated heterocycles. The fraction of sp³-hybridized carbons (Fsp3) is 0.500. The maximum absolute atomic E-state index is 11.3. The van der Waals surface area contributed by atoms with Gasteiger partial charge in [0.05, 0.1) is 5.70 Å². The van der Waals surface area contributed by atoms with Gasteiger partial charge in [0.25, 0.3) is 6.29 Å². The molecule has 2 heterocycles. The zero-order chi connectivity index (χ0) is 9.59. The summed E-state index contributed by atoms with van der Waals surface area (Å²) in [5.41, 5.74) is 6.86. The summed E-state index contributed by atoms with van der Waals surface area (Å²) in [6.45, 7) is 1.83. The van der Waals surface area contributed by atoms with Gasteiger partial charge in [-0.25, -0.2) is 0 Å². The van der Waals surface area contributed by atoms with Crippen molar-refractivity contribution in [3.63, 3.8) is 0 Å². The molecular weight excluding hydrogens is 188 g/mol. The molecule has 5 heteroatoms. The van der Waals surface area contributed by atoms with E-state index in [1.165, 1.54) is 4.90 Å². The molecule has 0 aromatic rings. The second-order valence-electron chi connectivity index (χ2n) is 3.17. The predicted octanol–water partition coefficient (Wildman–Crippen LogP) is -0.387. The van der Waals surface area contributed by atoms with E-state index >= 15 is 0 Å². The maximum Gasteiger partial charge on any atom is 0.251 e. The monoisotopic (exact) mass is 197 g/mol. The van der Waals surface area contributed by atoms with Gasteiger partial charge in [0.2, 0.25) is 5.91 Å². The molecular formula is C8H9N2O2S. The zero-order valence-electron chi connectivity index (χ0n) is 7.11. The van der Waals surface area contributed by atoms with Crippen molar-refractivity contribution in [1.29, 1.82) is 0 Å². The van der Waals surface area contributed by atoms with E-state index in [1.807, 2.05) is 6.92 Å². The van der Waals surface area contributed by atoms with Gasteiger partial charge in [0.1, 0.15) is 11.4 Å². The average molecular weight is 197 g/mol. The highest BCUT2D eigenvalue weighted by molar-refractivity contribution is 8.00. The summed E-state index contributed by atoms with van der Waals surface area (Å²) in [6.07, 6.45) is 1.80. The van der Waals surface area contributed by atoms with E-state index in [0.717, 1.165) is 11.3 Å². The van der Waals surface area contributed by atoms with Gasteiger partial charge in [-0.1, -0.05) is 0 Å². The van der Waals surface area contributed by atoms with Crippen LogP contribution >= 0.6 is 11.8 Å². The Morgan fingerprint density at radius 3 is 3.00 bits per heavy atom. The van der Waals surface area contributed by atoms with E-state index in [2.05, 4.69) is 0 Å². The third-order valence-electron chi connectivity index (χ3n) is 2.30. The van der Waals surface area contributed by atoms with Crippen LogP contribution in [0.4, 0.5) is 0 Å². The Bertz CT molecular complexity index is 313. The minimum Gasteiger partial charge on any atom is -0.317 e. The van der Waals surface area contributed by atoms with Crippen molar-refractivity contribution in [3.05, 3.63) is 11.3 Å². The number of nitrogens with two attached hydrogens (primary N) is 1. The van der Waals surface area contributed by atoms with Crippen molar-refractivity contribution in [2.75, 3.05) is 5.75 Å². The van der Waals surface area contributed by atoms with E-state index in [1.54, 1.807) is 18.0 Å². The quantitative estimate of drug-likeness (QED) is 0.582. The van der Waals surface area contributed by atoms with Crippen molar-refractivity contribution in [1.82, 2.24) is 4.90 Å². The Labute approximate surface area is 80.1 Å². The maximum atomic E-state index is 11.3. The van der Waals surface area contributed by atoms with Gasteiger partial charge in [0.15, 0.2) is 0 Å².